The summed E-state index contributed by atoms with van der Waals surface area (Å²) in [5.74, 6) is 0.458. The van der Waals surface area contributed by atoms with Gasteiger partial charge >= 0.3 is 5.82 Å². The molecule has 0 spiro atoms. The van der Waals surface area contributed by atoms with E-state index in [-0.39, 0.29) is 5.82 Å². The number of nitro groups is 1. The summed E-state index contributed by atoms with van der Waals surface area (Å²) in [6.45, 7) is 1.57. The fraction of sp³-hybridized carbons (Fsp3) is 0.500. The van der Waals surface area contributed by atoms with Gasteiger partial charge in [0.25, 0.3) is 0 Å². The van der Waals surface area contributed by atoms with Crippen LogP contribution in [-0.4, -0.2) is 38.8 Å². The second-order valence-electron chi connectivity index (χ2n) is 4.71. The Morgan fingerprint density at radius 1 is 1.55 bits per heavy atom. The van der Waals surface area contributed by atoms with Gasteiger partial charge in [-0.1, -0.05) is 9.61 Å². The van der Waals surface area contributed by atoms with Crippen molar-refractivity contribution in [2.24, 2.45) is 0 Å². The van der Waals surface area contributed by atoms with Crippen LogP contribution in [0, 0.1) is 10.1 Å². The second-order valence-corrected chi connectivity index (χ2v) is 4.71. The van der Waals surface area contributed by atoms with Crippen LogP contribution in [0.5, 0.6) is 0 Å². The van der Waals surface area contributed by atoms with Crippen LogP contribution in [0.2, 0.25) is 0 Å². The molecule has 1 aliphatic heterocycles. The van der Waals surface area contributed by atoms with Crippen molar-refractivity contribution in [1.82, 2.24) is 14.6 Å². The van der Waals surface area contributed by atoms with Gasteiger partial charge < -0.3 is 20.2 Å². The summed E-state index contributed by atoms with van der Waals surface area (Å²) in [6.07, 6.45) is 4.65. The number of anilines is 1. The third-order valence-corrected chi connectivity index (χ3v) is 3.33. The predicted molar refractivity (Wildman–Crippen MR) is 71.7 cm³/mol. The van der Waals surface area contributed by atoms with E-state index < -0.39 is 4.92 Å². The Morgan fingerprint density at radius 3 is 3.20 bits per heavy atom. The fourth-order valence-electron chi connectivity index (χ4n) is 2.31. The molecule has 1 saturated heterocycles. The third-order valence-electron chi connectivity index (χ3n) is 3.33. The van der Waals surface area contributed by atoms with E-state index in [0.717, 1.165) is 32.4 Å². The average Bonchev–Trinajstić information content (AvgIpc) is 3.06. The summed E-state index contributed by atoms with van der Waals surface area (Å²) in [6, 6.07) is 3.47. The Kier molecular flexibility index (Phi) is 3.46. The van der Waals surface area contributed by atoms with Gasteiger partial charge in [-0.3, -0.25) is 0 Å². The van der Waals surface area contributed by atoms with E-state index in [1.807, 2.05) is 0 Å². The molecule has 106 valence electrons. The van der Waals surface area contributed by atoms with Crippen molar-refractivity contribution in [3.63, 3.8) is 0 Å². The lowest BCUT2D eigenvalue weighted by atomic mass is 10.2. The molecular formula is C12H15N5O3. The molecule has 8 nitrogen and oxygen atoms in total. The number of nitrogens with zero attached hydrogens (tertiary/aromatic N) is 4. The molecule has 20 heavy (non-hydrogen) atoms. The van der Waals surface area contributed by atoms with Crippen LogP contribution in [-0.2, 0) is 4.74 Å². The molecule has 2 aromatic rings. The molecule has 1 aliphatic rings. The minimum Gasteiger partial charge on any atom is -0.378 e. The van der Waals surface area contributed by atoms with Crippen LogP contribution in [0.3, 0.4) is 0 Å². The molecule has 3 heterocycles. The number of ether oxygens (including phenoxy) is 1. The zero-order valence-electron chi connectivity index (χ0n) is 10.9. The molecule has 0 aliphatic carbocycles. The van der Waals surface area contributed by atoms with Crippen LogP contribution >= 0.6 is 0 Å². The first-order valence-corrected chi connectivity index (χ1v) is 6.59. The summed E-state index contributed by atoms with van der Waals surface area (Å²) in [5, 5.41) is 18.2. The Hall–Kier alpha value is -2.22. The zero-order chi connectivity index (χ0) is 13.9. The molecule has 0 saturated carbocycles. The van der Waals surface area contributed by atoms with Crippen LogP contribution < -0.4 is 5.32 Å². The third kappa shape index (κ3) is 2.55. The first-order chi connectivity index (χ1) is 9.74. The zero-order valence-corrected chi connectivity index (χ0v) is 10.9. The van der Waals surface area contributed by atoms with Crippen molar-refractivity contribution in [1.29, 1.82) is 0 Å². The first kappa shape index (κ1) is 12.8. The average molecular weight is 277 g/mol. The van der Waals surface area contributed by atoms with Crippen LogP contribution in [0.15, 0.2) is 18.3 Å². The highest BCUT2D eigenvalue weighted by molar-refractivity contribution is 5.48. The predicted octanol–water partition coefficient (Wildman–Crippen LogP) is 1.62. The second kappa shape index (κ2) is 5.41. The van der Waals surface area contributed by atoms with Crippen molar-refractivity contribution in [3.05, 3.63) is 28.4 Å². The first-order valence-electron chi connectivity index (χ1n) is 6.59. The lowest BCUT2D eigenvalue weighted by Crippen LogP contribution is -2.13. The molecule has 2 aromatic heterocycles. The Morgan fingerprint density at radius 2 is 2.45 bits per heavy atom. The van der Waals surface area contributed by atoms with Gasteiger partial charge in [0.2, 0.25) is 5.65 Å². The topological polar surface area (TPSA) is 94.6 Å². The van der Waals surface area contributed by atoms with Crippen LogP contribution in [0.4, 0.5) is 11.6 Å². The number of aromatic nitrogens is 3. The molecular weight excluding hydrogens is 262 g/mol. The van der Waals surface area contributed by atoms with E-state index in [0.29, 0.717) is 17.6 Å². The lowest BCUT2D eigenvalue weighted by molar-refractivity contribution is -0.391. The number of nitrogens with one attached hydrogen (secondary N) is 1. The van der Waals surface area contributed by atoms with E-state index in [4.69, 9.17) is 4.74 Å². The van der Waals surface area contributed by atoms with Gasteiger partial charge in [0.1, 0.15) is 6.20 Å². The number of hydrogen-bond acceptors (Lipinski definition) is 6. The highest BCUT2D eigenvalue weighted by Crippen LogP contribution is 2.17. The van der Waals surface area contributed by atoms with Gasteiger partial charge in [0.15, 0.2) is 5.82 Å². The molecule has 1 atom stereocenters. The lowest BCUT2D eigenvalue weighted by Gasteiger charge is -2.09. The van der Waals surface area contributed by atoms with Crippen molar-refractivity contribution >= 4 is 17.3 Å². The SMILES string of the molecule is O=[N+]([O-])c1cnc2ccc(NCCC3CCCO3)nn12. The fourth-order valence-corrected chi connectivity index (χ4v) is 2.31. The molecule has 3 rings (SSSR count). The van der Waals surface area contributed by atoms with Gasteiger partial charge in [-0.15, -0.1) is 0 Å². The normalized spacial score (nSPS) is 18.5. The smallest absolute Gasteiger partial charge is 0.368 e. The van der Waals surface area contributed by atoms with Gasteiger partial charge in [-0.05, 0) is 30.3 Å². The Bertz CT molecular complexity index is 621. The van der Waals surface area contributed by atoms with Crippen molar-refractivity contribution in [2.45, 2.75) is 25.4 Å². The van der Waals surface area contributed by atoms with Gasteiger partial charge in [0.05, 0.1) is 6.10 Å². The molecule has 8 heteroatoms. The molecule has 1 N–H and O–H groups in total. The Balaban J connectivity index is 1.68. The van der Waals surface area contributed by atoms with Crippen molar-refractivity contribution in [2.75, 3.05) is 18.5 Å². The van der Waals surface area contributed by atoms with E-state index in [2.05, 4.69) is 15.4 Å². The van der Waals surface area contributed by atoms with Crippen LogP contribution in [0.1, 0.15) is 19.3 Å². The molecule has 0 aromatic carbocycles. The van der Waals surface area contributed by atoms with Crippen molar-refractivity contribution < 1.29 is 9.66 Å². The van der Waals surface area contributed by atoms with Gasteiger partial charge in [0, 0.05) is 19.2 Å². The highest BCUT2D eigenvalue weighted by Gasteiger charge is 2.17. The molecule has 1 unspecified atom stereocenters. The maximum Gasteiger partial charge on any atom is 0.368 e. The van der Waals surface area contributed by atoms with Gasteiger partial charge in [-0.25, -0.2) is 4.98 Å². The summed E-state index contributed by atoms with van der Waals surface area (Å²) >= 11 is 0. The maximum absolute atomic E-state index is 10.8. The summed E-state index contributed by atoms with van der Waals surface area (Å²) in [7, 11) is 0. The summed E-state index contributed by atoms with van der Waals surface area (Å²) in [5.41, 5.74) is 0.460. The van der Waals surface area contributed by atoms with Gasteiger partial charge in [-0.2, -0.15) is 0 Å². The quantitative estimate of drug-likeness (QED) is 0.659. The van der Waals surface area contributed by atoms with E-state index in [1.54, 1.807) is 12.1 Å². The number of fused-ring (bicyclic) bond motifs is 1. The number of hydrogen-bond donors (Lipinski definition) is 1. The van der Waals surface area contributed by atoms with Crippen LogP contribution in [0.25, 0.3) is 5.65 Å². The minimum atomic E-state index is -0.497. The van der Waals surface area contributed by atoms with E-state index in [1.165, 1.54) is 10.7 Å². The minimum absolute atomic E-state index is 0.136. The molecule has 0 radical (unpaired) electrons. The number of rotatable bonds is 5. The van der Waals surface area contributed by atoms with E-state index in [9.17, 15) is 10.1 Å². The standard InChI is InChI=1S/C12H15N5O3/c18-17(19)12-8-14-11-4-3-10(15-16(11)12)13-6-5-9-2-1-7-20-9/h3-4,8-9H,1-2,5-7H2,(H,13,15). The maximum atomic E-state index is 10.8. The molecule has 1 fully saturated rings. The summed E-state index contributed by atoms with van der Waals surface area (Å²) < 4.78 is 6.76. The monoisotopic (exact) mass is 277 g/mol. The molecule has 0 bridgehead atoms. The van der Waals surface area contributed by atoms with Crippen molar-refractivity contribution in [3.8, 4) is 0 Å². The Labute approximate surface area is 114 Å². The summed E-state index contributed by atoms with van der Waals surface area (Å²) in [4.78, 5) is 14.3. The molecule has 0 amide bonds. The highest BCUT2D eigenvalue weighted by atomic mass is 16.6. The van der Waals surface area contributed by atoms with E-state index >= 15 is 0 Å². The largest absolute Gasteiger partial charge is 0.378 e. The number of imidazole rings is 1.